The zero-order chi connectivity index (χ0) is 13.4. The van der Waals surface area contributed by atoms with Crippen molar-refractivity contribution in [3.63, 3.8) is 0 Å². The Hall–Kier alpha value is -1.21. The highest BCUT2D eigenvalue weighted by Gasteiger charge is 2.20. The van der Waals surface area contributed by atoms with Gasteiger partial charge in [-0.15, -0.1) is 0 Å². The lowest BCUT2D eigenvalue weighted by atomic mass is 10.1. The third-order valence-electron chi connectivity index (χ3n) is 2.23. The molecule has 1 aromatic rings. The molecule has 5 nitrogen and oxygen atoms in total. The monoisotopic (exact) mass is 276 g/mol. The van der Waals surface area contributed by atoms with Gasteiger partial charge in [0.1, 0.15) is 0 Å². The molecule has 1 atom stereocenters. The van der Waals surface area contributed by atoms with Gasteiger partial charge in [0, 0.05) is 12.5 Å². The molecule has 0 bridgehead atoms. The van der Waals surface area contributed by atoms with Gasteiger partial charge in [0.25, 0.3) is 0 Å². The molecule has 0 aliphatic rings. The summed E-state index contributed by atoms with van der Waals surface area (Å²) in [6.45, 7) is 1.53. The van der Waals surface area contributed by atoms with Crippen molar-refractivity contribution in [2.75, 3.05) is 12.5 Å². The Kier molecular flexibility index (Phi) is 3.73. The molecule has 7 heteroatoms. The third kappa shape index (κ3) is 2.92. The lowest BCUT2D eigenvalue weighted by Crippen LogP contribution is -2.08. The molecule has 0 amide bonds. The van der Waals surface area contributed by atoms with Crippen LogP contribution in [-0.4, -0.2) is 36.2 Å². The van der Waals surface area contributed by atoms with E-state index < -0.39 is 26.6 Å². The van der Waals surface area contributed by atoms with E-state index in [0.717, 1.165) is 12.3 Å². The van der Waals surface area contributed by atoms with Crippen molar-refractivity contribution in [3.8, 4) is 0 Å². The number of aryl methyl sites for hydroxylation is 1. The quantitative estimate of drug-likeness (QED) is 0.883. The van der Waals surface area contributed by atoms with E-state index in [1.165, 1.54) is 19.2 Å². The van der Waals surface area contributed by atoms with Gasteiger partial charge >= 0.3 is 5.97 Å². The fraction of sp³-hybridized carbons (Fsp3) is 0.300. The van der Waals surface area contributed by atoms with E-state index in [-0.39, 0.29) is 15.4 Å². The largest absolute Gasteiger partial charge is 0.478 e. The second-order valence-corrected chi connectivity index (χ2v) is 6.98. The van der Waals surface area contributed by atoms with E-state index in [1.807, 2.05) is 0 Å². The molecule has 0 radical (unpaired) electrons. The van der Waals surface area contributed by atoms with Crippen LogP contribution in [0.1, 0.15) is 15.9 Å². The van der Waals surface area contributed by atoms with Gasteiger partial charge in [0.15, 0.2) is 9.84 Å². The Morgan fingerprint density at radius 2 is 1.88 bits per heavy atom. The van der Waals surface area contributed by atoms with Crippen LogP contribution in [0, 0.1) is 6.92 Å². The standard InChI is InChI=1S/C10H12O5S2/c1-6-4-8(16(2)13)9(17(3,14)15)5-7(6)10(11)12/h4-5H,1-3H3,(H,11,12). The summed E-state index contributed by atoms with van der Waals surface area (Å²) >= 11 is 0. The number of carboxylic acid groups (broad SMARTS) is 1. The van der Waals surface area contributed by atoms with E-state index in [9.17, 15) is 17.4 Å². The van der Waals surface area contributed by atoms with Gasteiger partial charge in [-0.25, -0.2) is 13.2 Å². The molecule has 1 aromatic carbocycles. The van der Waals surface area contributed by atoms with Crippen LogP contribution < -0.4 is 0 Å². The van der Waals surface area contributed by atoms with Gasteiger partial charge in [-0.05, 0) is 24.6 Å². The zero-order valence-electron chi connectivity index (χ0n) is 9.55. The van der Waals surface area contributed by atoms with Crippen molar-refractivity contribution in [2.45, 2.75) is 16.7 Å². The van der Waals surface area contributed by atoms with Crippen LogP contribution in [-0.2, 0) is 20.6 Å². The molecule has 0 saturated carbocycles. The average Bonchev–Trinajstić information content (AvgIpc) is 2.14. The summed E-state index contributed by atoms with van der Waals surface area (Å²) in [5.74, 6) is -1.21. The Morgan fingerprint density at radius 3 is 2.24 bits per heavy atom. The number of hydrogen-bond acceptors (Lipinski definition) is 4. The van der Waals surface area contributed by atoms with Crippen molar-refractivity contribution < 1.29 is 22.5 Å². The molecule has 17 heavy (non-hydrogen) atoms. The van der Waals surface area contributed by atoms with Crippen LogP contribution in [0.15, 0.2) is 21.9 Å². The number of rotatable bonds is 3. The molecule has 0 saturated heterocycles. The first-order chi connectivity index (χ1) is 7.64. The third-order valence-corrected chi connectivity index (χ3v) is 4.45. The highest BCUT2D eigenvalue weighted by atomic mass is 32.2. The minimum atomic E-state index is -3.61. The first-order valence-electron chi connectivity index (χ1n) is 4.56. The van der Waals surface area contributed by atoms with Crippen LogP contribution in [0.3, 0.4) is 0 Å². The SMILES string of the molecule is Cc1cc(S(C)=O)c(S(C)(=O)=O)cc1C(=O)O. The Balaban J connectivity index is 3.72. The Bertz CT molecular complexity index is 601. The maximum absolute atomic E-state index is 11.5. The van der Waals surface area contributed by atoms with Crippen molar-refractivity contribution >= 4 is 26.6 Å². The Morgan fingerprint density at radius 1 is 1.35 bits per heavy atom. The minimum Gasteiger partial charge on any atom is -0.478 e. The van der Waals surface area contributed by atoms with E-state index in [2.05, 4.69) is 0 Å². The van der Waals surface area contributed by atoms with Crippen LogP contribution in [0.4, 0.5) is 0 Å². The van der Waals surface area contributed by atoms with Crippen LogP contribution in [0.5, 0.6) is 0 Å². The van der Waals surface area contributed by atoms with Crippen molar-refractivity contribution in [2.24, 2.45) is 0 Å². The molecule has 0 fully saturated rings. The summed E-state index contributed by atoms with van der Waals surface area (Å²) in [6, 6.07) is 2.40. The minimum absolute atomic E-state index is 0.0976. The van der Waals surface area contributed by atoms with E-state index >= 15 is 0 Å². The average molecular weight is 276 g/mol. The summed E-state index contributed by atoms with van der Waals surface area (Å²) in [4.78, 5) is 10.9. The first-order valence-corrected chi connectivity index (χ1v) is 8.01. The first kappa shape index (κ1) is 13.9. The molecule has 0 aromatic heterocycles. The van der Waals surface area contributed by atoms with E-state index in [0.29, 0.717) is 5.56 Å². The zero-order valence-corrected chi connectivity index (χ0v) is 11.2. The molecule has 0 aliphatic heterocycles. The number of sulfone groups is 1. The fourth-order valence-corrected chi connectivity index (χ4v) is 3.65. The summed E-state index contributed by atoms with van der Waals surface area (Å²) in [5, 5.41) is 8.91. The summed E-state index contributed by atoms with van der Waals surface area (Å²) in [5.41, 5.74) is 0.287. The van der Waals surface area contributed by atoms with Gasteiger partial charge < -0.3 is 5.11 Å². The lowest BCUT2D eigenvalue weighted by molar-refractivity contribution is 0.0695. The highest BCUT2D eigenvalue weighted by molar-refractivity contribution is 7.92. The fourth-order valence-electron chi connectivity index (χ4n) is 1.41. The second kappa shape index (κ2) is 4.58. The highest BCUT2D eigenvalue weighted by Crippen LogP contribution is 2.23. The number of carbonyl (C=O) groups is 1. The maximum atomic E-state index is 11.5. The van der Waals surface area contributed by atoms with Crippen LogP contribution in [0.25, 0.3) is 0 Å². The maximum Gasteiger partial charge on any atom is 0.335 e. The summed E-state index contributed by atoms with van der Waals surface area (Å²) < 4.78 is 34.5. The summed E-state index contributed by atoms with van der Waals surface area (Å²) in [6.07, 6.45) is 2.31. The molecule has 1 N–H and O–H groups in total. The van der Waals surface area contributed by atoms with E-state index in [4.69, 9.17) is 5.11 Å². The predicted molar refractivity (Wildman–Crippen MR) is 63.6 cm³/mol. The van der Waals surface area contributed by atoms with Gasteiger partial charge in [-0.2, -0.15) is 0 Å². The van der Waals surface area contributed by atoms with Gasteiger partial charge in [0.2, 0.25) is 0 Å². The number of hydrogen-bond donors (Lipinski definition) is 1. The molecular formula is C10H12O5S2. The number of carboxylic acids is 1. The topological polar surface area (TPSA) is 88.5 Å². The molecule has 94 valence electrons. The normalized spacial score (nSPS) is 13.4. The van der Waals surface area contributed by atoms with Gasteiger partial charge in [-0.3, -0.25) is 4.21 Å². The van der Waals surface area contributed by atoms with Crippen LogP contribution >= 0.6 is 0 Å². The number of aromatic carboxylic acids is 1. The lowest BCUT2D eigenvalue weighted by Gasteiger charge is -2.09. The molecule has 0 aliphatic carbocycles. The molecule has 1 unspecified atom stereocenters. The van der Waals surface area contributed by atoms with Crippen molar-refractivity contribution in [1.82, 2.24) is 0 Å². The molecular weight excluding hydrogens is 264 g/mol. The van der Waals surface area contributed by atoms with Crippen molar-refractivity contribution in [3.05, 3.63) is 23.3 Å². The molecule has 1 rings (SSSR count). The smallest absolute Gasteiger partial charge is 0.335 e. The van der Waals surface area contributed by atoms with Gasteiger partial charge in [0.05, 0.1) is 26.2 Å². The second-order valence-electron chi connectivity index (χ2n) is 3.65. The molecule has 0 spiro atoms. The predicted octanol–water partition coefficient (Wildman–Crippen LogP) is 0.834. The van der Waals surface area contributed by atoms with Gasteiger partial charge in [-0.1, -0.05) is 0 Å². The molecule has 0 heterocycles. The number of benzene rings is 1. The van der Waals surface area contributed by atoms with Crippen molar-refractivity contribution in [1.29, 1.82) is 0 Å². The summed E-state index contributed by atoms with van der Waals surface area (Å²) in [7, 11) is -5.10. The van der Waals surface area contributed by atoms with E-state index in [1.54, 1.807) is 0 Å². The van der Waals surface area contributed by atoms with Crippen LogP contribution in [0.2, 0.25) is 0 Å². The Labute approximate surface area is 102 Å².